The summed E-state index contributed by atoms with van der Waals surface area (Å²) in [7, 11) is 0. The average molecular weight is 338 g/mol. The number of nitrogens with zero attached hydrogens (tertiary/aromatic N) is 1. The molecule has 0 radical (unpaired) electrons. The van der Waals surface area contributed by atoms with E-state index in [1.165, 1.54) is 5.56 Å². The van der Waals surface area contributed by atoms with E-state index in [9.17, 15) is 4.79 Å². The third-order valence-electron chi connectivity index (χ3n) is 4.33. The topological polar surface area (TPSA) is 42.0 Å². The lowest BCUT2D eigenvalue weighted by molar-refractivity contribution is 0.102. The molecule has 4 aromatic rings. The molecule has 0 bridgehead atoms. The maximum absolute atomic E-state index is 12.7. The first-order valence-corrected chi connectivity index (χ1v) is 8.58. The van der Waals surface area contributed by atoms with E-state index >= 15 is 0 Å². The number of aromatic nitrogens is 1. The molecular formula is C23H18N2O. The lowest BCUT2D eigenvalue weighted by atomic mass is 10.0. The number of fused-ring (bicyclic) bond motifs is 1. The van der Waals surface area contributed by atoms with Crippen molar-refractivity contribution < 1.29 is 4.79 Å². The molecule has 26 heavy (non-hydrogen) atoms. The Morgan fingerprint density at radius 1 is 0.769 bits per heavy atom. The van der Waals surface area contributed by atoms with Gasteiger partial charge in [0.15, 0.2) is 0 Å². The third kappa shape index (κ3) is 3.47. The molecule has 1 heterocycles. The summed E-state index contributed by atoms with van der Waals surface area (Å²) < 4.78 is 0. The Bertz CT molecular complexity index is 1060. The molecule has 1 N–H and O–H groups in total. The molecular weight excluding hydrogens is 320 g/mol. The number of hydrogen-bond donors (Lipinski definition) is 1. The monoisotopic (exact) mass is 338 g/mol. The van der Waals surface area contributed by atoms with Gasteiger partial charge in [0.05, 0.1) is 5.52 Å². The number of pyridine rings is 1. The minimum Gasteiger partial charge on any atom is -0.320 e. The summed E-state index contributed by atoms with van der Waals surface area (Å²) in [5, 5.41) is 4.03. The average Bonchev–Trinajstić information content (AvgIpc) is 2.70. The van der Waals surface area contributed by atoms with Crippen molar-refractivity contribution in [3.63, 3.8) is 0 Å². The first kappa shape index (κ1) is 16.0. The van der Waals surface area contributed by atoms with E-state index in [0.717, 1.165) is 28.6 Å². The van der Waals surface area contributed by atoms with Crippen LogP contribution in [0.25, 0.3) is 10.9 Å². The summed E-state index contributed by atoms with van der Waals surface area (Å²) in [6.45, 7) is 0. The molecule has 3 aromatic carbocycles. The minimum absolute atomic E-state index is 0.198. The van der Waals surface area contributed by atoms with Crippen LogP contribution in [-0.2, 0) is 6.42 Å². The Labute approximate surface area is 152 Å². The zero-order chi connectivity index (χ0) is 17.8. The molecule has 0 aliphatic rings. The van der Waals surface area contributed by atoms with Gasteiger partial charge in [0.2, 0.25) is 0 Å². The number of rotatable bonds is 4. The van der Waals surface area contributed by atoms with Crippen molar-refractivity contribution in [3.05, 3.63) is 108 Å². The van der Waals surface area contributed by atoms with Gasteiger partial charge in [-0.2, -0.15) is 0 Å². The van der Waals surface area contributed by atoms with Crippen LogP contribution in [0.15, 0.2) is 91.0 Å². The van der Waals surface area contributed by atoms with Crippen molar-refractivity contribution >= 4 is 22.5 Å². The highest BCUT2D eigenvalue weighted by Crippen LogP contribution is 2.20. The number of nitrogens with one attached hydrogen (secondary N) is 1. The fourth-order valence-corrected chi connectivity index (χ4v) is 2.99. The Balaban J connectivity index is 1.59. The van der Waals surface area contributed by atoms with Crippen LogP contribution in [0.3, 0.4) is 0 Å². The molecule has 4 rings (SSSR count). The lowest BCUT2D eigenvalue weighted by Crippen LogP contribution is -2.15. The quantitative estimate of drug-likeness (QED) is 0.564. The lowest BCUT2D eigenvalue weighted by Gasteiger charge is -2.11. The van der Waals surface area contributed by atoms with E-state index < -0.39 is 0 Å². The first-order chi connectivity index (χ1) is 12.8. The normalized spacial score (nSPS) is 10.6. The Hall–Kier alpha value is -3.46. The van der Waals surface area contributed by atoms with Gasteiger partial charge in [-0.15, -0.1) is 0 Å². The van der Waals surface area contributed by atoms with Crippen LogP contribution in [0, 0.1) is 0 Å². The van der Waals surface area contributed by atoms with Gasteiger partial charge < -0.3 is 5.32 Å². The maximum atomic E-state index is 12.7. The minimum atomic E-state index is -0.198. The summed E-state index contributed by atoms with van der Waals surface area (Å²) in [4.78, 5) is 17.2. The van der Waals surface area contributed by atoms with Crippen LogP contribution in [0.1, 0.15) is 21.6 Å². The predicted octanol–water partition coefficient (Wildman–Crippen LogP) is 5.08. The highest BCUT2D eigenvalue weighted by molar-refractivity contribution is 6.04. The number of anilines is 1. The molecule has 0 aliphatic heterocycles. The van der Waals surface area contributed by atoms with Crippen molar-refractivity contribution in [1.29, 1.82) is 0 Å². The summed E-state index contributed by atoms with van der Waals surface area (Å²) in [5.41, 5.74) is 4.33. The van der Waals surface area contributed by atoms with Crippen molar-refractivity contribution in [1.82, 2.24) is 4.98 Å². The molecule has 126 valence electrons. The van der Waals surface area contributed by atoms with Gasteiger partial charge in [0.1, 0.15) is 5.69 Å². The van der Waals surface area contributed by atoms with E-state index in [4.69, 9.17) is 0 Å². The number of para-hydroxylation sites is 2. The van der Waals surface area contributed by atoms with Crippen LogP contribution < -0.4 is 5.32 Å². The van der Waals surface area contributed by atoms with E-state index in [1.807, 2.05) is 72.8 Å². The highest BCUT2D eigenvalue weighted by Gasteiger charge is 2.11. The Kier molecular flexibility index (Phi) is 4.44. The zero-order valence-electron chi connectivity index (χ0n) is 14.2. The van der Waals surface area contributed by atoms with Crippen molar-refractivity contribution in [3.8, 4) is 0 Å². The van der Waals surface area contributed by atoms with Gasteiger partial charge in [-0.1, -0.05) is 72.8 Å². The van der Waals surface area contributed by atoms with Crippen LogP contribution in [0.4, 0.5) is 5.69 Å². The number of hydrogen-bond acceptors (Lipinski definition) is 2. The molecule has 0 saturated carbocycles. The summed E-state index contributed by atoms with van der Waals surface area (Å²) in [6, 6.07) is 29.6. The predicted molar refractivity (Wildman–Crippen MR) is 105 cm³/mol. The molecule has 3 nitrogen and oxygen atoms in total. The summed E-state index contributed by atoms with van der Waals surface area (Å²) in [5.74, 6) is -0.198. The smallest absolute Gasteiger partial charge is 0.274 e. The summed E-state index contributed by atoms with van der Waals surface area (Å²) >= 11 is 0. The molecule has 0 atom stereocenters. The van der Waals surface area contributed by atoms with Gasteiger partial charge in [-0.3, -0.25) is 4.79 Å². The SMILES string of the molecule is O=C(Nc1ccccc1Cc1ccccc1)c1ccc2ccccc2n1. The second-order valence-electron chi connectivity index (χ2n) is 6.16. The van der Waals surface area contributed by atoms with E-state index in [2.05, 4.69) is 22.4 Å². The van der Waals surface area contributed by atoms with Crippen molar-refractivity contribution in [2.24, 2.45) is 0 Å². The zero-order valence-corrected chi connectivity index (χ0v) is 14.2. The second-order valence-corrected chi connectivity index (χ2v) is 6.16. The molecule has 0 spiro atoms. The van der Waals surface area contributed by atoms with Crippen molar-refractivity contribution in [2.75, 3.05) is 5.32 Å². The largest absolute Gasteiger partial charge is 0.320 e. The van der Waals surface area contributed by atoms with Gasteiger partial charge in [-0.25, -0.2) is 4.98 Å². The number of carbonyl (C=O) groups is 1. The molecule has 0 fully saturated rings. The molecule has 3 heteroatoms. The molecule has 1 aromatic heterocycles. The number of carbonyl (C=O) groups excluding carboxylic acids is 1. The Morgan fingerprint density at radius 2 is 1.50 bits per heavy atom. The van der Waals surface area contributed by atoms with E-state index in [-0.39, 0.29) is 5.91 Å². The molecule has 0 unspecified atom stereocenters. The maximum Gasteiger partial charge on any atom is 0.274 e. The van der Waals surface area contributed by atoms with Crippen LogP contribution in [-0.4, -0.2) is 10.9 Å². The van der Waals surface area contributed by atoms with Crippen LogP contribution in [0.5, 0.6) is 0 Å². The number of benzene rings is 3. The Morgan fingerprint density at radius 3 is 2.38 bits per heavy atom. The van der Waals surface area contributed by atoms with E-state index in [1.54, 1.807) is 6.07 Å². The molecule has 0 saturated heterocycles. The van der Waals surface area contributed by atoms with Crippen LogP contribution in [0.2, 0.25) is 0 Å². The van der Waals surface area contributed by atoms with Gasteiger partial charge in [-0.05, 0) is 35.7 Å². The van der Waals surface area contributed by atoms with Gasteiger partial charge in [0, 0.05) is 11.1 Å². The second kappa shape index (κ2) is 7.19. The fourth-order valence-electron chi connectivity index (χ4n) is 2.99. The van der Waals surface area contributed by atoms with Crippen LogP contribution >= 0.6 is 0 Å². The van der Waals surface area contributed by atoms with Crippen molar-refractivity contribution in [2.45, 2.75) is 6.42 Å². The van der Waals surface area contributed by atoms with E-state index in [0.29, 0.717) is 5.69 Å². The molecule has 1 amide bonds. The fraction of sp³-hybridized carbons (Fsp3) is 0.0435. The standard InChI is InChI=1S/C23H18N2O/c26-23(22-15-14-18-10-4-6-12-20(18)24-22)25-21-13-7-5-11-19(21)16-17-8-2-1-3-9-17/h1-15H,16H2,(H,25,26). The van der Waals surface area contributed by atoms with Gasteiger partial charge in [0.25, 0.3) is 5.91 Å². The summed E-state index contributed by atoms with van der Waals surface area (Å²) in [6.07, 6.45) is 0.766. The first-order valence-electron chi connectivity index (χ1n) is 8.58. The highest BCUT2D eigenvalue weighted by atomic mass is 16.1. The van der Waals surface area contributed by atoms with Gasteiger partial charge >= 0.3 is 0 Å². The number of amides is 1. The third-order valence-corrected chi connectivity index (χ3v) is 4.33. The molecule has 0 aliphatic carbocycles.